The van der Waals surface area contributed by atoms with E-state index in [1.165, 1.54) is 95.6 Å². The maximum absolute atomic E-state index is 13.3. The second kappa shape index (κ2) is 30.5. The summed E-state index contributed by atoms with van der Waals surface area (Å²) in [5.41, 5.74) is 0.438. The Hall–Kier alpha value is -2.37. The van der Waals surface area contributed by atoms with E-state index in [0.29, 0.717) is 13.2 Å². The molecule has 2 unspecified atom stereocenters. The first-order valence-corrected chi connectivity index (χ1v) is 20.6. The molecule has 1 aromatic rings. The van der Waals surface area contributed by atoms with Crippen molar-refractivity contribution in [3.05, 3.63) is 34.9 Å². The van der Waals surface area contributed by atoms with Crippen LogP contribution in [0.2, 0.25) is 0 Å². The number of hydrogen-bond acceptors (Lipinski definition) is 6. The second-order valence-corrected chi connectivity index (χ2v) is 14.2. The van der Waals surface area contributed by atoms with E-state index in [1.807, 2.05) is 0 Å². The summed E-state index contributed by atoms with van der Waals surface area (Å²) in [5.74, 6) is -1.12. The summed E-state index contributed by atoms with van der Waals surface area (Å²) in [4.78, 5) is 39.5. The van der Waals surface area contributed by atoms with Crippen molar-refractivity contribution in [2.45, 2.75) is 189 Å². The molecule has 0 fully saturated rings. The van der Waals surface area contributed by atoms with Crippen molar-refractivity contribution in [1.29, 1.82) is 0 Å². The van der Waals surface area contributed by atoms with Gasteiger partial charge in [0.25, 0.3) is 0 Å². The lowest BCUT2D eigenvalue weighted by molar-refractivity contribution is 0.0380. The van der Waals surface area contributed by atoms with E-state index in [1.54, 1.807) is 6.07 Å². The lowest BCUT2D eigenvalue weighted by Crippen LogP contribution is -2.20. The standard InChI is InChI=1S/C43H74O6/c1-6-11-14-15-16-17-18-19-20-21-22-23-24-25-26-27-32-47-41(44)38-30-31-39(42(45)48-34-36(9-4)28-12-7-2)40(33-38)43(46)49-35-37(10-5)29-13-8-3/h30-31,33,36-37H,6-29,32,34-35H2,1-5H3. The van der Waals surface area contributed by atoms with Gasteiger partial charge in [-0.1, -0.05) is 169 Å². The molecule has 0 aliphatic carbocycles. The minimum absolute atomic E-state index is 0.0637. The molecule has 0 saturated heterocycles. The molecule has 0 radical (unpaired) electrons. The van der Waals surface area contributed by atoms with Gasteiger partial charge in [-0.25, -0.2) is 14.4 Å². The summed E-state index contributed by atoms with van der Waals surface area (Å²) in [5, 5.41) is 0. The quantitative estimate of drug-likeness (QED) is 0.0426. The van der Waals surface area contributed by atoms with Crippen LogP contribution in [0.1, 0.15) is 220 Å². The van der Waals surface area contributed by atoms with Crippen LogP contribution in [0, 0.1) is 11.8 Å². The molecule has 6 nitrogen and oxygen atoms in total. The van der Waals surface area contributed by atoms with E-state index < -0.39 is 17.9 Å². The number of unbranched alkanes of at least 4 members (excludes halogenated alkanes) is 17. The fourth-order valence-electron chi connectivity index (χ4n) is 6.26. The van der Waals surface area contributed by atoms with Crippen LogP contribution in [0.15, 0.2) is 18.2 Å². The minimum Gasteiger partial charge on any atom is -0.462 e. The fraction of sp³-hybridized carbons (Fsp3) is 0.791. The van der Waals surface area contributed by atoms with E-state index in [-0.39, 0.29) is 35.1 Å². The molecule has 282 valence electrons. The van der Waals surface area contributed by atoms with Crippen molar-refractivity contribution < 1.29 is 28.6 Å². The normalized spacial score (nSPS) is 12.4. The van der Waals surface area contributed by atoms with Crippen molar-refractivity contribution in [1.82, 2.24) is 0 Å². The molecule has 0 bridgehead atoms. The molecule has 0 heterocycles. The van der Waals surface area contributed by atoms with E-state index in [9.17, 15) is 14.4 Å². The van der Waals surface area contributed by atoms with Crippen LogP contribution in [-0.2, 0) is 14.2 Å². The van der Waals surface area contributed by atoms with Crippen LogP contribution in [0.4, 0.5) is 0 Å². The van der Waals surface area contributed by atoms with Crippen molar-refractivity contribution in [2.24, 2.45) is 11.8 Å². The first-order valence-electron chi connectivity index (χ1n) is 20.6. The third-order valence-corrected chi connectivity index (χ3v) is 9.91. The number of esters is 3. The summed E-state index contributed by atoms with van der Waals surface area (Å²) < 4.78 is 16.9. The number of ether oxygens (including phenoxy) is 3. The van der Waals surface area contributed by atoms with E-state index in [0.717, 1.165) is 70.6 Å². The molecule has 0 spiro atoms. The Kier molecular flexibility index (Phi) is 27.8. The van der Waals surface area contributed by atoms with Gasteiger partial charge in [-0.2, -0.15) is 0 Å². The lowest BCUT2D eigenvalue weighted by Gasteiger charge is -2.17. The van der Waals surface area contributed by atoms with E-state index in [4.69, 9.17) is 14.2 Å². The van der Waals surface area contributed by atoms with Gasteiger partial charge in [0, 0.05) is 0 Å². The topological polar surface area (TPSA) is 78.9 Å². The lowest BCUT2D eigenvalue weighted by atomic mass is 10.00. The SMILES string of the molecule is CCCCCCCCCCCCCCCCCCOC(=O)c1ccc(C(=O)OCC(CC)CCCC)c(C(=O)OCC(CC)CCCC)c1. The Morgan fingerprint density at radius 2 is 0.878 bits per heavy atom. The maximum Gasteiger partial charge on any atom is 0.339 e. The average Bonchev–Trinajstić information content (AvgIpc) is 3.12. The smallest absolute Gasteiger partial charge is 0.339 e. The van der Waals surface area contributed by atoms with E-state index in [2.05, 4.69) is 34.6 Å². The zero-order chi connectivity index (χ0) is 36.0. The molecule has 0 N–H and O–H groups in total. The third-order valence-electron chi connectivity index (χ3n) is 9.91. The minimum atomic E-state index is -0.604. The predicted octanol–water partition coefficient (Wildman–Crippen LogP) is 12.9. The first kappa shape index (κ1) is 44.7. The highest BCUT2D eigenvalue weighted by molar-refractivity contribution is 6.05. The van der Waals surface area contributed by atoms with Gasteiger partial charge in [-0.15, -0.1) is 0 Å². The van der Waals surface area contributed by atoms with Gasteiger partial charge in [0.2, 0.25) is 0 Å². The summed E-state index contributed by atoms with van der Waals surface area (Å²) in [6.07, 6.45) is 28.8. The molecule has 1 aromatic carbocycles. The van der Waals surface area contributed by atoms with Gasteiger partial charge in [0.05, 0.1) is 36.5 Å². The zero-order valence-electron chi connectivity index (χ0n) is 32.4. The third kappa shape index (κ3) is 21.5. The van der Waals surface area contributed by atoms with Crippen LogP contribution in [-0.4, -0.2) is 37.7 Å². The summed E-state index contributed by atoms with van der Waals surface area (Å²) >= 11 is 0. The Morgan fingerprint density at radius 1 is 0.469 bits per heavy atom. The maximum atomic E-state index is 13.3. The molecule has 0 amide bonds. The van der Waals surface area contributed by atoms with Gasteiger partial charge < -0.3 is 14.2 Å². The van der Waals surface area contributed by atoms with Gasteiger partial charge in [-0.05, 0) is 49.3 Å². The molecule has 2 atom stereocenters. The number of benzene rings is 1. The molecule has 49 heavy (non-hydrogen) atoms. The molecule has 0 aliphatic rings. The van der Waals surface area contributed by atoms with Crippen LogP contribution >= 0.6 is 0 Å². The summed E-state index contributed by atoms with van der Waals surface area (Å²) in [6.45, 7) is 11.7. The van der Waals surface area contributed by atoms with Crippen LogP contribution in [0.3, 0.4) is 0 Å². The first-order chi connectivity index (χ1) is 23.9. The molecule has 1 rings (SSSR count). The monoisotopic (exact) mass is 687 g/mol. The van der Waals surface area contributed by atoms with Gasteiger partial charge >= 0.3 is 17.9 Å². The molecule has 0 saturated carbocycles. The fourth-order valence-corrected chi connectivity index (χ4v) is 6.26. The molecular weight excluding hydrogens is 612 g/mol. The van der Waals surface area contributed by atoms with Crippen molar-refractivity contribution >= 4 is 17.9 Å². The summed E-state index contributed by atoms with van der Waals surface area (Å²) in [6, 6.07) is 4.50. The Morgan fingerprint density at radius 3 is 1.31 bits per heavy atom. The largest absolute Gasteiger partial charge is 0.462 e. The highest BCUT2D eigenvalue weighted by Crippen LogP contribution is 2.21. The Balaban J connectivity index is 2.56. The van der Waals surface area contributed by atoms with Crippen LogP contribution < -0.4 is 0 Å². The zero-order valence-corrected chi connectivity index (χ0v) is 32.4. The molecular formula is C43H74O6. The highest BCUT2D eigenvalue weighted by Gasteiger charge is 2.24. The number of carbonyl (C=O) groups is 3. The van der Waals surface area contributed by atoms with Gasteiger partial charge in [-0.3, -0.25) is 0 Å². The van der Waals surface area contributed by atoms with Crippen LogP contribution in [0.25, 0.3) is 0 Å². The number of carbonyl (C=O) groups excluding carboxylic acids is 3. The number of rotatable bonds is 32. The second-order valence-electron chi connectivity index (χ2n) is 14.2. The van der Waals surface area contributed by atoms with Crippen LogP contribution in [0.5, 0.6) is 0 Å². The molecule has 0 aromatic heterocycles. The van der Waals surface area contributed by atoms with E-state index >= 15 is 0 Å². The molecule has 6 heteroatoms. The summed E-state index contributed by atoms with van der Waals surface area (Å²) in [7, 11) is 0. The number of hydrogen-bond donors (Lipinski definition) is 0. The van der Waals surface area contributed by atoms with Gasteiger partial charge in [0.15, 0.2) is 0 Å². The van der Waals surface area contributed by atoms with Crippen molar-refractivity contribution in [3.8, 4) is 0 Å². The Bertz CT molecular complexity index is 989. The highest BCUT2D eigenvalue weighted by atomic mass is 16.5. The average molecular weight is 687 g/mol. The van der Waals surface area contributed by atoms with Crippen molar-refractivity contribution in [2.75, 3.05) is 19.8 Å². The van der Waals surface area contributed by atoms with Gasteiger partial charge in [0.1, 0.15) is 0 Å². The molecule has 0 aliphatic heterocycles. The predicted molar refractivity (Wildman–Crippen MR) is 203 cm³/mol. The van der Waals surface area contributed by atoms with Crippen molar-refractivity contribution in [3.63, 3.8) is 0 Å². The Labute approximate surface area is 301 Å².